The lowest BCUT2D eigenvalue weighted by Crippen LogP contribution is -2.46. The van der Waals surface area contributed by atoms with Crippen LogP contribution in [-0.2, 0) is 14.4 Å². The Morgan fingerprint density at radius 1 is 1.03 bits per heavy atom. The summed E-state index contributed by atoms with van der Waals surface area (Å²) in [5, 5.41) is 0. The Kier molecular flexibility index (Phi) is 11.7. The lowest BCUT2D eigenvalue weighted by atomic mass is 9.94. The van der Waals surface area contributed by atoms with E-state index in [1.54, 1.807) is 0 Å². The van der Waals surface area contributed by atoms with Crippen molar-refractivity contribution >= 4 is 11.8 Å². The minimum Gasteiger partial charge on any atom is -0.342 e. The number of carbonyl (C=O) groups excluding carboxylic acids is 2. The molecule has 2 atom stereocenters. The maximum Gasteiger partial charge on any atom is 0.251 e. The molecule has 2 aliphatic rings. The minimum atomic E-state index is -0.183. The van der Waals surface area contributed by atoms with Gasteiger partial charge in [0.15, 0.2) is 0 Å². The molecule has 5 nitrogen and oxygen atoms in total. The van der Waals surface area contributed by atoms with Crippen molar-refractivity contribution in [2.45, 2.75) is 96.5 Å². The number of rotatable bonds is 14. The molecule has 0 saturated carbocycles. The monoisotopic (exact) mass is 404 g/mol. The number of unbranched alkanes of at least 4 members (excludes halogenated alkanes) is 8. The summed E-state index contributed by atoms with van der Waals surface area (Å²) in [6.07, 6.45) is 23.5. The van der Waals surface area contributed by atoms with Gasteiger partial charge < -0.3 is 4.90 Å². The van der Waals surface area contributed by atoms with Crippen molar-refractivity contribution in [2.24, 2.45) is 5.92 Å². The van der Waals surface area contributed by atoms with E-state index in [0.29, 0.717) is 19.5 Å². The standard InChI is InChI=1S/C24H40N2O3/c1-2-3-4-5-6-7-8-9-10-11-12-13-14-15-16-17-23(27)26-19-18-22-21(20-26)24(28)25-29-22/h6-7,9-10,21-22H,2-5,8,11-20H2,1H3,(H,25,28)/b7-6+,10-9+. The largest absolute Gasteiger partial charge is 0.342 e. The van der Waals surface area contributed by atoms with Crippen LogP contribution in [0.25, 0.3) is 0 Å². The topological polar surface area (TPSA) is 58.6 Å². The summed E-state index contributed by atoms with van der Waals surface area (Å²) >= 11 is 0. The molecule has 5 heteroatoms. The maximum absolute atomic E-state index is 12.4. The van der Waals surface area contributed by atoms with Crippen LogP contribution in [-0.4, -0.2) is 35.9 Å². The number of piperidine rings is 1. The van der Waals surface area contributed by atoms with Crippen molar-refractivity contribution in [1.29, 1.82) is 0 Å². The Balaban J connectivity index is 1.41. The van der Waals surface area contributed by atoms with E-state index in [4.69, 9.17) is 4.84 Å². The van der Waals surface area contributed by atoms with Gasteiger partial charge in [0.05, 0.1) is 5.92 Å². The molecular formula is C24H40N2O3. The third-order valence-corrected chi connectivity index (χ3v) is 5.89. The van der Waals surface area contributed by atoms with E-state index in [1.165, 1.54) is 44.9 Å². The highest BCUT2D eigenvalue weighted by Gasteiger charge is 2.41. The average molecular weight is 405 g/mol. The van der Waals surface area contributed by atoms with E-state index in [2.05, 4.69) is 36.7 Å². The third-order valence-electron chi connectivity index (χ3n) is 5.89. The summed E-state index contributed by atoms with van der Waals surface area (Å²) in [5.74, 6) is -0.0734. The first-order valence-electron chi connectivity index (χ1n) is 11.8. The molecule has 0 aromatic rings. The molecule has 0 bridgehead atoms. The Morgan fingerprint density at radius 2 is 1.72 bits per heavy atom. The van der Waals surface area contributed by atoms with Crippen LogP contribution in [0.2, 0.25) is 0 Å². The molecule has 2 unspecified atom stereocenters. The maximum atomic E-state index is 12.4. The highest BCUT2D eigenvalue weighted by Crippen LogP contribution is 2.24. The smallest absolute Gasteiger partial charge is 0.251 e. The van der Waals surface area contributed by atoms with Crippen molar-refractivity contribution < 1.29 is 14.4 Å². The van der Waals surface area contributed by atoms with Gasteiger partial charge in [0.25, 0.3) is 5.91 Å². The quantitative estimate of drug-likeness (QED) is 0.324. The summed E-state index contributed by atoms with van der Waals surface area (Å²) in [5.41, 5.74) is 2.44. The predicted molar refractivity (Wildman–Crippen MR) is 117 cm³/mol. The molecule has 2 rings (SSSR count). The average Bonchev–Trinajstić information content (AvgIpc) is 3.11. The van der Waals surface area contributed by atoms with Gasteiger partial charge >= 0.3 is 0 Å². The molecule has 0 aromatic heterocycles. The van der Waals surface area contributed by atoms with E-state index in [-0.39, 0.29) is 23.8 Å². The van der Waals surface area contributed by atoms with Gasteiger partial charge in [-0.25, -0.2) is 5.48 Å². The first-order valence-corrected chi connectivity index (χ1v) is 11.8. The van der Waals surface area contributed by atoms with Crippen LogP contribution >= 0.6 is 0 Å². The zero-order chi connectivity index (χ0) is 20.7. The fraction of sp³-hybridized carbons (Fsp3) is 0.750. The van der Waals surface area contributed by atoms with Crippen molar-refractivity contribution in [1.82, 2.24) is 10.4 Å². The van der Waals surface area contributed by atoms with Gasteiger partial charge in [-0.3, -0.25) is 14.4 Å². The summed E-state index contributed by atoms with van der Waals surface area (Å²) in [4.78, 5) is 31.2. The SMILES string of the molecule is CCCCC/C=C/C/C=C/CCCCCCCC(=O)N1CCC2ONC(=O)C2C1. The van der Waals surface area contributed by atoms with E-state index in [1.807, 2.05) is 4.90 Å². The summed E-state index contributed by atoms with van der Waals surface area (Å²) in [6.45, 7) is 3.45. The fourth-order valence-corrected chi connectivity index (χ4v) is 4.01. The first-order chi connectivity index (χ1) is 14.2. The Bertz CT molecular complexity index is 544. The van der Waals surface area contributed by atoms with Crippen molar-refractivity contribution in [3.63, 3.8) is 0 Å². The molecule has 0 spiro atoms. The molecule has 0 aliphatic carbocycles. The molecule has 0 aromatic carbocycles. The number of carbonyl (C=O) groups is 2. The van der Waals surface area contributed by atoms with E-state index in [9.17, 15) is 9.59 Å². The number of likely N-dealkylation sites (tertiary alicyclic amines) is 1. The molecule has 2 saturated heterocycles. The molecule has 2 heterocycles. The third kappa shape index (κ3) is 9.16. The number of nitrogens with zero attached hydrogens (tertiary/aromatic N) is 1. The van der Waals surface area contributed by atoms with E-state index >= 15 is 0 Å². The predicted octanol–water partition coefficient (Wildman–Crippen LogP) is 5.08. The number of hydroxylamine groups is 1. The molecule has 29 heavy (non-hydrogen) atoms. The lowest BCUT2D eigenvalue weighted by molar-refractivity contribution is -0.135. The lowest BCUT2D eigenvalue weighted by Gasteiger charge is -2.32. The van der Waals surface area contributed by atoms with Gasteiger partial charge in [0, 0.05) is 19.5 Å². The zero-order valence-corrected chi connectivity index (χ0v) is 18.2. The number of fused-ring (bicyclic) bond motifs is 1. The molecule has 1 N–H and O–H groups in total. The van der Waals surface area contributed by atoms with Crippen LogP contribution in [0.1, 0.15) is 90.4 Å². The minimum absolute atomic E-state index is 0.0533. The number of nitrogens with one attached hydrogen (secondary N) is 1. The van der Waals surface area contributed by atoms with Crippen LogP contribution < -0.4 is 5.48 Å². The molecule has 164 valence electrons. The summed E-state index contributed by atoms with van der Waals surface area (Å²) in [7, 11) is 0. The number of amides is 2. The van der Waals surface area contributed by atoms with Crippen LogP contribution in [0, 0.1) is 5.92 Å². The summed E-state index contributed by atoms with van der Waals surface area (Å²) < 4.78 is 0. The second kappa shape index (κ2) is 14.4. The highest BCUT2D eigenvalue weighted by molar-refractivity contribution is 5.82. The van der Waals surface area contributed by atoms with Crippen molar-refractivity contribution in [3.8, 4) is 0 Å². The zero-order valence-electron chi connectivity index (χ0n) is 18.2. The molecule has 2 fully saturated rings. The van der Waals surface area contributed by atoms with E-state index < -0.39 is 0 Å². The second-order valence-electron chi connectivity index (χ2n) is 8.34. The van der Waals surface area contributed by atoms with Crippen LogP contribution in [0.15, 0.2) is 24.3 Å². The number of hydrogen-bond acceptors (Lipinski definition) is 3. The Labute approximate surface area is 176 Å². The normalized spacial score (nSPS) is 21.8. The Hall–Kier alpha value is -1.62. The number of allylic oxidation sites excluding steroid dienone is 4. The highest BCUT2D eigenvalue weighted by atomic mass is 16.7. The Morgan fingerprint density at radius 3 is 2.48 bits per heavy atom. The van der Waals surface area contributed by atoms with Crippen LogP contribution in [0.5, 0.6) is 0 Å². The van der Waals surface area contributed by atoms with Crippen molar-refractivity contribution in [2.75, 3.05) is 13.1 Å². The first kappa shape index (κ1) is 23.7. The van der Waals surface area contributed by atoms with Gasteiger partial charge in [-0.2, -0.15) is 0 Å². The molecule has 0 radical (unpaired) electrons. The van der Waals surface area contributed by atoms with Gasteiger partial charge in [-0.15, -0.1) is 0 Å². The van der Waals surface area contributed by atoms with Crippen molar-refractivity contribution in [3.05, 3.63) is 24.3 Å². The van der Waals surface area contributed by atoms with Gasteiger partial charge in [-0.1, -0.05) is 63.3 Å². The second-order valence-corrected chi connectivity index (χ2v) is 8.34. The molecule has 2 amide bonds. The van der Waals surface area contributed by atoms with Gasteiger partial charge in [-0.05, 0) is 44.9 Å². The molecule has 2 aliphatic heterocycles. The van der Waals surface area contributed by atoms with Gasteiger partial charge in [0.1, 0.15) is 6.10 Å². The fourth-order valence-electron chi connectivity index (χ4n) is 4.01. The van der Waals surface area contributed by atoms with Gasteiger partial charge in [0.2, 0.25) is 5.91 Å². The number of hydrogen-bond donors (Lipinski definition) is 1. The summed E-state index contributed by atoms with van der Waals surface area (Å²) in [6, 6.07) is 0. The van der Waals surface area contributed by atoms with Crippen LogP contribution in [0.4, 0.5) is 0 Å². The van der Waals surface area contributed by atoms with Crippen LogP contribution in [0.3, 0.4) is 0 Å². The van der Waals surface area contributed by atoms with E-state index in [0.717, 1.165) is 32.1 Å². The molecular weight excluding hydrogens is 364 g/mol.